The zero-order chi connectivity index (χ0) is 18.5. The van der Waals surface area contributed by atoms with Crippen LogP contribution >= 0.6 is 12.2 Å². The van der Waals surface area contributed by atoms with E-state index in [4.69, 9.17) is 12.2 Å². The fourth-order valence-electron chi connectivity index (χ4n) is 2.72. The summed E-state index contributed by atoms with van der Waals surface area (Å²) >= 11 is 5.27. The summed E-state index contributed by atoms with van der Waals surface area (Å²) in [6, 6.07) is 15.2. The van der Waals surface area contributed by atoms with Crippen LogP contribution in [0, 0.1) is 4.77 Å². The Labute approximate surface area is 157 Å². The van der Waals surface area contributed by atoms with Crippen molar-refractivity contribution in [3.05, 3.63) is 58.9 Å². The molecule has 26 heavy (non-hydrogen) atoms. The van der Waals surface area contributed by atoms with Crippen molar-refractivity contribution in [1.29, 1.82) is 0 Å². The van der Waals surface area contributed by atoms with Gasteiger partial charge in [-0.05, 0) is 38.2 Å². The minimum atomic E-state index is 0.175. The largest absolute Gasteiger partial charge is 0.507 e. The molecule has 134 valence electrons. The van der Waals surface area contributed by atoms with Crippen molar-refractivity contribution >= 4 is 24.1 Å². The van der Waals surface area contributed by atoms with Gasteiger partial charge in [0, 0.05) is 36.0 Å². The van der Waals surface area contributed by atoms with E-state index in [0.717, 1.165) is 24.3 Å². The normalized spacial score (nSPS) is 11.2. The molecule has 0 aliphatic heterocycles. The summed E-state index contributed by atoms with van der Waals surface area (Å²) in [4.78, 5) is 2.17. The van der Waals surface area contributed by atoms with Crippen molar-refractivity contribution in [2.45, 2.75) is 13.8 Å². The fourth-order valence-corrected chi connectivity index (χ4v) is 2.90. The summed E-state index contributed by atoms with van der Waals surface area (Å²) < 4.78 is 1.93. The SMILES string of the molecule is CCN(CC)c1ccc(C=Nn2c(-c3ccccc3)n[nH]c2=S)c(O)c1. The van der Waals surface area contributed by atoms with E-state index in [1.807, 2.05) is 42.5 Å². The van der Waals surface area contributed by atoms with E-state index in [1.165, 1.54) is 0 Å². The Bertz CT molecular complexity index is 958. The number of aromatic nitrogens is 3. The highest BCUT2D eigenvalue weighted by molar-refractivity contribution is 7.71. The number of hydrogen-bond donors (Lipinski definition) is 2. The maximum absolute atomic E-state index is 10.3. The molecular weight excluding hydrogens is 346 g/mol. The second kappa shape index (κ2) is 7.97. The van der Waals surface area contributed by atoms with Gasteiger partial charge in [-0.2, -0.15) is 14.9 Å². The van der Waals surface area contributed by atoms with Gasteiger partial charge >= 0.3 is 0 Å². The van der Waals surface area contributed by atoms with Crippen LogP contribution in [0.15, 0.2) is 53.6 Å². The van der Waals surface area contributed by atoms with Gasteiger partial charge in [-0.3, -0.25) is 0 Å². The Kier molecular flexibility index (Phi) is 5.48. The highest BCUT2D eigenvalue weighted by Crippen LogP contribution is 2.24. The Balaban J connectivity index is 1.92. The first-order chi connectivity index (χ1) is 12.6. The molecule has 7 heteroatoms. The number of anilines is 1. The third-order valence-corrected chi connectivity index (χ3v) is 4.40. The van der Waals surface area contributed by atoms with Crippen LogP contribution in [0.1, 0.15) is 19.4 Å². The Morgan fingerprint density at radius 2 is 1.92 bits per heavy atom. The molecular formula is C19H21N5OS. The quantitative estimate of drug-likeness (QED) is 0.509. The molecule has 2 aromatic carbocycles. The number of hydrogen-bond acceptors (Lipinski definition) is 5. The Morgan fingerprint density at radius 3 is 2.58 bits per heavy atom. The van der Waals surface area contributed by atoms with Gasteiger partial charge in [0.25, 0.3) is 0 Å². The molecule has 1 aromatic heterocycles. The molecule has 0 amide bonds. The van der Waals surface area contributed by atoms with Crippen molar-refractivity contribution in [2.75, 3.05) is 18.0 Å². The van der Waals surface area contributed by atoms with Crippen LogP contribution in [0.25, 0.3) is 11.4 Å². The standard InChI is InChI=1S/C19H21N5OS/c1-3-23(4-2)16-11-10-15(17(25)12-16)13-20-24-18(21-22-19(24)26)14-8-6-5-7-9-14/h5-13,25H,3-4H2,1-2H3,(H,22,26). The zero-order valence-electron chi connectivity index (χ0n) is 14.8. The van der Waals surface area contributed by atoms with Gasteiger partial charge in [0.05, 0.1) is 6.21 Å². The van der Waals surface area contributed by atoms with Crippen molar-refractivity contribution in [3.8, 4) is 17.1 Å². The maximum atomic E-state index is 10.3. The van der Waals surface area contributed by atoms with Crippen LogP contribution in [-0.4, -0.2) is 39.3 Å². The topological polar surface area (TPSA) is 69.4 Å². The molecule has 3 aromatic rings. The molecule has 2 N–H and O–H groups in total. The molecule has 0 aliphatic carbocycles. The van der Waals surface area contributed by atoms with E-state index < -0.39 is 0 Å². The zero-order valence-corrected chi connectivity index (χ0v) is 15.6. The number of nitrogens with zero attached hydrogens (tertiary/aromatic N) is 4. The number of benzene rings is 2. The van der Waals surface area contributed by atoms with Gasteiger partial charge in [-0.15, -0.1) is 0 Å². The molecule has 0 spiro atoms. The number of nitrogens with one attached hydrogen (secondary N) is 1. The maximum Gasteiger partial charge on any atom is 0.216 e. The van der Waals surface area contributed by atoms with Gasteiger partial charge in [0.15, 0.2) is 5.82 Å². The number of H-pyrrole nitrogens is 1. The average Bonchev–Trinajstić information content (AvgIpc) is 3.03. The van der Waals surface area contributed by atoms with Gasteiger partial charge in [0.2, 0.25) is 4.77 Å². The predicted molar refractivity (Wildman–Crippen MR) is 108 cm³/mol. The van der Waals surface area contributed by atoms with E-state index in [0.29, 0.717) is 16.2 Å². The van der Waals surface area contributed by atoms with Crippen molar-refractivity contribution < 1.29 is 5.11 Å². The molecule has 0 fully saturated rings. The smallest absolute Gasteiger partial charge is 0.216 e. The summed E-state index contributed by atoms with van der Waals surface area (Å²) in [5, 5.41) is 21.7. The third-order valence-electron chi connectivity index (χ3n) is 4.14. The molecule has 0 aliphatic rings. The summed E-state index contributed by atoms with van der Waals surface area (Å²) in [5.74, 6) is 0.792. The summed E-state index contributed by atoms with van der Waals surface area (Å²) in [5.41, 5.74) is 2.50. The third kappa shape index (κ3) is 3.67. The number of aromatic amines is 1. The first-order valence-electron chi connectivity index (χ1n) is 8.49. The minimum Gasteiger partial charge on any atom is -0.507 e. The van der Waals surface area contributed by atoms with Crippen LogP contribution in [-0.2, 0) is 0 Å². The number of rotatable bonds is 6. The van der Waals surface area contributed by atoms with E-state index in [2.05, 4.69) is 34.0 Å². The number of phenols is 1. The van der Waals surface area contributed by atoms with Gasteiger partial charge in [-0.25, -0.2) is 5.10 Å². The first-order valence-corrected chi connectivity index (χ1v) is 8.90. The van der Waals surface area contributed by atoms with Gasteiger partial charge < -0.3 is 10.0 Å². The summed E-state index contributed by atoms with van der Waals surface area (Å²) in [6.45, 7) is 5.94. The first kappa shape index (κ1) is 17.9. The second-order valence-electron chi connectivity index (χ2n) is 5.69. The molecule has 0 unspecified atom stereocenters. The molecule has 1 heterocycles. The van der Waals surface area contributed by atoms with E-state index in [1.54, 1.807) is 17.0 Å². The van der Waals surface area contributed by atoms with Crippen LogP contribution in [0.3, 0.4) is 0 Å². The number of aromatic hydroxyl groups is 1. The highest BCUT2D eigenvalue weighted by Gasteiger charge is 2.09. The average molecular weight is 367 g/mol. The van der Waals surface area contributed by atoms with Gasteiger partial charge in [0.1, 0.15) is 5.75 Å². The highest BCUT2D eigenvalue weighted by atomic mass is 32.1. The Morgan fingerprint density at radius 1 is 1.19 bits per heavy atom. The molecule has 0 bridgehead atoms. The van der Waals surface area contributed by atoms with E-state index in [-0.39, 0.29) is 5.75 Å². The van der Waals surface area contributed by atoms with E-state index in [9.17, 15) is 5.11 Å². The molecule has 6 nitrogen and oxygen atoms in total. The molecule has 0 saturated heterocycles. The predicted octanol–water partition coefficient (Wildman–Crippen LogP) is 4.04. The second-order valence-corrected chi connectivity index (χ2v) is 6.08. The van der Waals surface area contributed by atoms with Crippen molar-refractivity contribution in [1.82, 2.24) is 14.9 Å². The van der Waals surface area contributed by atoms with Crippen LogP contribution in [0.5, 0.6) is 5.75 Å². The monoisotopic (exact) mass is 367 g/mol. The lowest BCUT2D eigenvalue weighted by atomic mass is 10.2. The van der Waals surface area contributed by atoms with Crippen LogP contribution < -0.4 is 4.90 Å². The summed E-state index contributed by atoms with van der Waals surface area (Å²) in [7, 11) is 0. The fraction of sp³-hybridized carbons (Fsp3) is 0.211. The lowest BCUT2D eigenvalue weighted by Gasteiger charge is -2.21. The lowest BCUT2D eigenvalue weighted by molar-refractivity contribution is 0.474. The molecule has 0 saturated carbocycles. The molecule has 3 rings (SSSR count). The molecule has 0 radical (unpaired) electrons. The van der Waals surface area contributed by atoms with Crippen LogP contribution in [0.4, 0.5) is 5.69 Å². The number of phenolic OH excluding ortho intramolecular Hbond substituents is 1. The Hall–Kier alpha value is -2.93. The van der Waals surface area contributed by atoms with Crippen molar-refractivity contribution in [2.24, 2.45) is 5.10 Å². The summed E-state index contributed by atoms with van der Waals surface area (Å²) in [6.07, 6.45) is 1.58. The van der Waals surface area contributed by atoms with Crippen molar-refractivity contribution in [3.63, 3.8) is 0 Å². The van der Waals surface area contributed by atoms with Crippen LogP contribution in [0.2, 0.25) is 0 Å². The van der Waals surface area contributed by atoms with E-state index >= 15 is 0 Å². The molecule has 0 atom stereocenters. The lowest BCUT2D eigenvalue weighted by Crippen LogP contribution is -2.21. The minimum absolute atomic E-state index is 0.175. The van der Waals surface area contributed by atoms with Gasteiger partial charge in [-0.1, -0.05) is 30.3 Å².